The van der Waals surface area contributed by atoms with E-state index in [-0.39, 0.29) is 35.5 Å². The maximum Gasteiger partial charge on any atom is 0.348 e. The molecule has 8 aromatic rings. The van der Waals surface area contributed by atoms with Crippen molar-refractivity contribution in [2.24, 2.45) is 0 Å². The van der Waals surface area contributed by atoms with Crippen molar-refractivity contribution in [2.75, 3.05) is 72.6 Å². The molecular formula is C56H57ClN10O5S2. The van der Waals surface area contributed by atoms with E-state index in [1.165, 1.54) is 22.7 Å². The number of nitrogens with zero attached hydrogens (tertiary/aromatic N) is 4. The Morgan fingerprint density at radius 3 is 1.65 bits per heavy atom. The van der Waals surface area contributed by atoms with Gasteiger partial charge in [-0.25, -0.2) is 4.79 Å². The van der Waals surface area contributed by atoms with Crippen molar-refractivity contribution >= 4 is 115 Å². The lowest BCUT2D eigenvalue weighted by Crippen LogP contribution is -2.45. The number of rotatable bonds is 9. The van der Waals surface area contributed by atoms with Crippen LogP contribution in [0.25, 0.3) is 21.8 Å². The Morgan fingerprint density at radius 2 is 1.12 bits per heavy atom. The SMILES string of the molecule is CN1CCC2(CC1)C(=O)Nc1ccc(N)cc12.CN1CCC2(CC1)C(=O)Nc1ccc(NC(=O)c3sccc3NCc3ccnc4ccccc34)cc12.Cl.O=C(O)c1sccc1NCc1ccnc2ccccc12. The van der Waals surface area contributed by atoms with Gasteiger partial charge in [0.2, 0.25) is 11.8 Å². The first-order valence-corrected chi connectivity index (χ1v) is 26.0. The number of aromatic carboxylic acids is 1. The van der Waals surface area contributed by atoms with Crippen LogP contribution in [0.5, 0.6) is 0 Å². The minimum atomic E-state index is -0.901. The number of thiophene rings is 2. The topological polar surface area (TPSA) is 207 Å². The molecule has 0 atom stereocenters. The Hall–Kier alpha value is -7.41. The van der Waals surface area contributed by atoms with Crippen molar-refractivity contribution in [3.8, 4) is 0 Å². The van der Waals surface area contributed by atoms with E-state index in [4.69, 9.17) is 10.8 Å². The van der Waals surface area contributed by atoms with Crippen LogP contribution < -0.4 is 32.3 Å². The van der Waals surface area contributed by atoms with Gasteiger partial charge in [0.15, 0.2) is 0 Å². The second-order valence-electron chi connectivity index (χ2n) is 19.0. The molecule has 2 saturated heterocycles. The molecule has 2 fully saturated rings. The van der Waals surface area contributed by atoms with Crippen molar-refractivity contribution < 1.29 is 24.3 Å². The van der Waals surface area contributed by atoms with Gasteiger partial charge in [-0.05, 0) is 172 Å². The van der Waals surface area contributed by atoms with Gasteiger partial charge in [0.1, 0.15) is 9.75 Å². The van der Waals surface area contributed by atoms with Crippen molar-refractivity contribution in [2.45, 2.75) is 49.6 Å². The predicted octanol–water partition coefficient (Wildman–Crippen LogP) is 10.3. The van der Waals surface area contributed by atoms with E-state index >= 15 is 0 Å². The molecule has 15 nitrogen and oxygen atoms in total. The van der Waals surface area contributed by atoms with Crippen LogP contribution in [-0.4, -0.2) is 88.8 Å². The zero-order valence-corrected chi connectivity index (χ0v) is 43.4. The Labute approximate surface area is 443 Å². The highest BCUT2D eigenvalue weighted by atomic mass is 35.5. The number of benzene rings is 4. The average Bonchev–Trinajstić information content (AvgIpc) is 4.20. The summed E-state index contributed by atoms with van der Waals surface area (Å²) in [6, 6.07) is 35.1. The molecule has 380 valence electrons. The first-order chi connectivity index (χ1) is 35.4. The molecule has 0 radical (unpaired) electrons. The molecule has 74 heavy (non-hydrogen) atoms. The predicted molar refractivity (Wildman–Crippen MR) is 300 cm³/mol. The highest BCUT2D eigenvalue weighted by molar-refractivity contribution is 7.13. The van der Waals surface area contributed by atoms with Gasteiger partial charge < -0.3 is 47.2 Å². The molecule has 0 aliphatic carbocycles. The molecule has 4 aromatic heterocycles. The third-order valence-corrected chi connectivity index (χ3v) is 16.4. The number of anilines is 6. The first-order valence-electron chi connectivity index (χ1n) is 24.3. The molecular weight excluding hydrogens is 992 g/mol. The number of nitrogen functional groups attached to an aromatic ring is 1. The van der Waals surface area contributed by atoms with Gasteiger partial charge in [-0.3, -0.25) is 24.4 Å². The summed E-state index contributed by atoms with van der Waals surface area (Å²) in [6.07, 6.45) is 6.90. The van der Waals surface area contributed by atoms with E-state index in [0.29, 0.717) is 34.2 Å². The number of halogens is 1. The number of hydrogen-bond acceptors (Lipinski definition) is 13. The lowest BCUT2D eigenvalue weighted by molar-refractivity contribution is -0.123. The second-order valence-corrected chi connectivity index (χ2v) is 20.8. The Kier molecular flexibility index (Phi) is 15.3. The molecule has 4 aromatic carbocycles. The highest BCUT2D eigenvalue weighted by Gasteiger charge is 2.49. The number of carboxylic acids is 1. The fourth-order valence-corrected chi connectivity index (χ4v) is 11.8. The molecule has 12 rings (SSSR count). The average molecular weight is 1050 g/mol. The van der Waals surface area contributed by atoms with Gasteiger partial charge in [0.05, 0.1) is 33.2 Å². The summed E-state index contributed by atoms with van der Waals surface area (Å²) in [5.74, 6) is -0.850. The molecule has 18 heteroatoms. The Morgan fingerprint density at radius 1 is 0.649 bits per heavy atom. The molecule has 4 aliphatic heterocycles. The number of amides is 3. The Bertz CT molecular complexity index is 3370. The first kappa shape index (κ1) is 51.5. The number of para-hydroxylation sites is 2. The number of likely N-dealkylation sites (tertiary alicyclic amines) is 2. The number of carboxylic acid groups (broad SMARTS) is 1. The van der Waals surface area contributed by atoms with Gasteiger partial charge in [0.25, 0.3) is 5.91 Å². The molecule has 0 bridgehead atoms. The number of nitrogens with one attached hydrogen (secondary N) is 5. The zero-order valence-electron chi connectivity index (χ0n) is 40.9. The zero-order chi connectivity index (χ0) is 50.7. The number of carbonyl (C=O) groups is 4. The molecule has 8 heterocycles. The second kappa shape index (κ2) is 22.0. The molecule has 4 aliphatic rings. The van der Waals surface area contributed by atoms with Crippen molar-refractivity contribution in [3.05, 3.63) is 164 Å². The lowest BCUT2D eigenvalue weighted by atomic mass is 9.73. The Balaban J connectivity index is 0.000000149. The van der Waals surface area contributed by atoms with E-state index in [2.05, 4.69) is 66.5 Å². The summed E-state index contributed by atoms with van der Waals surface area (Å²) in [5, 5.41) is 30.7. The summed E-state index contributed by atoms with van der Waals surface area (Å²) in [4.78, 5) is 63.7. The summed E-state index contributed by atoms with van der Waals surface area (Å²) in [5.41, 5.74) is 15.9. The van der Waals surface area contributed by atoms with E-state index in [0.717, 1.165) is 119 Å². The van der Waals surface area contributed by atoms with Crippen LogP contribution in [0.15, 0.2) is 132 Å². The van der Waals surface area contributed by atoms with Crippen LogP contribution >= 0.6 is 35.1 Å². The van der Waals surface area contributed by atoms with Gasteiger partial charge >= 0.3 is 5.97 Å². The fraction of sp³-hybridized carbons (Fsp3) is 0.250. The van der Waals surface area contributed by atoms with E-state index < -0.39 is 11.4 Å². The van der Waals surface area contributed by atoms with E-state index in [1.54, 1.807) is 17.6 Å². The maximum absolute atomic E-state index is 13.3. The lowest BCUT2D eigenvalue weighted by Gasteiger charge is -2.36. The normalized spacial score (nSPS) is 16.1. The van der Waals surface area contributed by atoms with Crippen molar-refractivity contribution in [3.63, 3.8) is 0 Å². The largest absolute Gasteiger partial charge is 0.477 e. The molecule has 0 unspecified atom stereocenters. The number of carbonyl (C=O) groups excluding carboxylic acids is 3. The number of fused-ring (bicyclic) bond motifs is 6. The smallest absolute Gasteiger partial charge is 0.348 e. The number of piperidine rings is 2. The van der Waals surface area contributed by atoms with E-state index in [9.17, 15) is 19.2 Å². The monoisotopic (exact) mass is 1050 g/mol. The van der Waals surface area contributed by atoms with Crippen LogP contribution in [0.2, 0.25) is 0 Å². The number of nitrogens with two attached hydrogens (primary N) is 1. The van der Waals surface area contributed by atoms with Crippen LogP contribution in [0.4, 0.5) is 34.1 Å². The van der Waals surface area contributed by atoms with E-state index in [1.807, 2.05) is 109 Å². The van der Waals surface area contributed by atoms with Gasteiger partial charge in [0, 0.05) is 59.0 Å². The van der Waals surface area contributed by atoms with Crippen molar-refractivity contribution in [1.29, 1.82) is 0 Å². The summed E-state index contributed by atoms with van der Waals surface area (Å²) in [7, 11) is 4.18. The quantitative estimate of drug-likeness (QED) is 0.0675. The van der Waals surface area contributed by atoms with Crippen LogP contribution in [0.1, 0.15) is 67.3 Å². The number of hydrogen-bond donors (Lipinski definition) is 7. The number of pyridine rings is 2. The standard InChI is InChI=1S/C28H27N5O2S.C15H12N2O2S.C13H17N3O.ClH/c1-33-13-10-28(11-14-33)21-16-19(6-7-23(21)32-27(28)35)31-26(34)25-24(9-15-36-25)30-17-18-8-12-29-22-5-3-2-4-20(18)22;18-15(19)14-13(6-8-20-14)17-9-10-5-7-16-12-4-2-1-3-11(10)12;1-16-6-4-13(5-7-16)10-8-9(14)2-3-11(10)15-12(13)17;/h2-9,12,15-16,30H,10-11,13-14,17H2,1H3,(H,31,34)(H,32,35);1-8,17H,9H2,(H,18,19);2-3,8H,4-7,14H2,1H3,(H,15,17);1H. The fourth-order valence-electron chi connectivity index (χ4n) is 10.3. The molecule has 2 spiro atoms. The van der Waals surface area contributed by atoms with Crippen LogP contribution in [0, 0.1) is 0 Å². The molecule has 3 amide bonds. The number of aromatic nitrogens is 2. The molecule has 8 N–H and O–H groups in total. The van der Waals surface area contributed by atoms with Gasteiger partial charge in [-0.2, -0.15) is 0 Å². The third-order valence-electron chi connectivity index (χ3n) is 14.5. The van der Waals surface area contributed by atoms with Crippen LogP contribution in [0.3, 0.4) is 0 Å². The molecule has 0 saturated carbocycles. The van der Waals surface area contributed by atoms with Crippen molar-refractivity contribution in [1.82, 2.24) is 19.8 Å². The minimum absolute atomic E-state index is 0. The summed E-state index contributed by atoms with van der Waals surface area (Å²) >= 11 is 2.63. The van der Waals surface area contributed by atoms with Crippen LogP contribution in [-0.2, 0) is 33.5 Å². The maximum atomic E-state index is 13.3. The summed E-state index contributed by atoms with van der Waals surface area (Å²) in [6.45, 7) is 4.83. The highest BCUT2D eigenvalue weighted by Crippen LogP contribution is 2.47. The third kappa shape index (κ3) is 10.4. The van der Waals surface area contributed by atoms with Gasteiger partial charge in [-0.15, -0.1) is 35.1 Å². The minimum Gasteiger partial charge on any atom is -0.477 e. The summed E-state index contributed by atoms with van der Waals surface area (Å²) < 4.78 is 0. The van der Waals surface area contributed by atoms with Gasteiger partial charge in [-0.1, -0.05) is 36.4 Å².